The second kappa shape index (κ2) is 5.61. The van der Waals surface area contributed by atoms with E-state index in [0.29, 0.717) is 24.7 Å². The summed E-state index contributed by atoms with van der Waals surface area (Å²) >= 11 is 0. The Morgan fingerprint density at radius 3 is 2.89 bits per heavy atom. The van der Waals surface area contributed by atoms with E-state index in [9.17, 15) is 4.79 Å². The van der Waals surface area contributed by atoms with Crippen molar-refractivity contribution >= 4 is 5.97 Å². The maximum Gasteiger partial charge on any atom is 0.358 e. The van der Waals surface area contributed by atoms with Crippen LogP contribution in [0.3, 0.4) is 0 Å². The molecule has 2 rings (SSSR count). The Hall–Kier alpha value is -2.22. The second-order valence-electron chi connectivity index (χ2n) is 4.02. The smallest absolute Gasteiger partial charge is 0.358 e. The highest BCUT2D eigenvalue weighted by molar-refractivity contribution is 5.91. The average Bonchev–Trinajstić information content (AvgIpc) is 2.95. The van der Waals surface area contributed by atoms with Crippen molar-refractivity contribution in [2.24, 2.45) is 7.05 Å². The Kier molecular flexibility index (Phi) is 3.91. The van der Waals surface area contributed by atoms with E-state index in [1.54, 1.807) is 35.8 Å². The molecule has 0 saturated carbocycles. The van der Waals surface area contributed by atoms with Crippen molar-refractivity contribution in [1.29, 1.82) is 0 Å². The monoisotopic (exact) mass is 265 g/mol. The molecule has 0 aliphatic carbocycles. The minimum atomic E-state index is -1.11. The van der Waals surface area contributed by atoms with Crippen molar-refractivity contribution < 1.29 is 14.6 Å². The molecule has 1 N–H and O–H groups in total. The number of ether oxygens (including phenoxy) is 1. The zero-order valence-corrected chi connectivity index (χ0v) is 10.8. The summed E-state index contributed by atoms with van der Waals surface area (Å²) < 4.78 is 8.25. The van der Waals surface area contributed by atoms with Crippen molar-refractivity contribution in [2.45, 2.75) is 13.0 Å². The van der Waals surface area contributed by atoms with E-state index < -0.39 is 5.97 Å². The van der Waals surface area contributed by atoms with E-state index in [2.05, 4.69) is 15.3 Å². The summed E-state index contributed by atoms with van der Waals surface area (Å²) in [5, 5.41) is 16.8. The molecule has 8 heteroatoms. The van der Waals surface area contributed by atoms with Crippen LogP contribution in [0.2, 0.25) is 0 Å². The Morgan fingerprint density at radius 1 is 1.53 bits per heavy atom. The minimum Gasteiger partial charge on any atom is -0.476 e. The lowest BCUT2D eigenvalue weighted by Gasteiger charge is -2.06. The molecule has 0 amide bonds. The molecule has 2 heterocycles. The van der Waals surface area contributed by atoms with Gasteiger partial charge in [-0.25, -0.2) is 14.5 Å². The molecule has 0 radical (unpaired) electrons. The van der Waals surface area contributed by atoms with Gasteiger partial charge in [0.25, 0.3) is 0 Å². The number of nitrogens with zero attached hydrogens (tertiary/aromatic N) is 5. The molecule has 0 spiro atoms. The first kappa shape index (κ1) is 13.2. The predicted molar refractivity (Wildman–Crippen MR) is 65.7 cm³/mol. The van der Waals surface area contributed by atoms with Crippen LogP contribution in [0, 0.1) is 0 Å². The van der Waals surface area contributed by atoms with Gasteiger partial charge in [-0.15, -0.1) is 5.10 Å². The Morgan fingerprint density at radius 2 is 2.32 bits per heavy atom. The van der Waals surface area contributed by atoms with Gasteiger partial charge in [-0.2, -0.15) is 0 Å². The molecule has 0 aliphatic rings. The molecule has 0 saturated heterocycles. The van der Waals surface area contributed by atoms with E-state index >= 15 is 0 Å². The second-order valence-corrected chi connectivity index (χ2v) is 4.02. The number of hydrogen-bond acceptors (Lipinski definition) is 5. The van der Waals surface area contributed by atoms with Crippen molar-refractivity contribution in [3.8, 4) is 11.5 Å². The number of hydrogen-bond donors (Lipinski definition) is 1. The summed E-state index contributed by atoms with van der Waals surface area (Å²) in [6.45, 7) is 1.10. The normalized spacial score (nSPS) is 10.8. The van der Waals surface area contributed by atoms with Crippen molar-refractivity contribution in [3.05, 3.63) is 18.1 Å². The van der Waals surface area contributed by atoms with Crippen LogP contribution in [0.25, 0.3) is 11.5 Å². The number of rotatable bonds is 6. The molecular weight excluding hydrogens is 250 g/mol. The van der Waals surface area contributed by atoms with Crippen LogP contribution in [0.15, 0.2) is 12.4 Å². The molecule has 0 bridgehead atoms. The Labute approximate surface area is 109 Å². The maximum atomic E-state index is 11.2. The lowest BCUT2D eigenvalue weighted by atomic mass is 10.3. The third-order valence-corrected chi connectivity index (χ3v) is 2.69. The van der Waals surface area contributed by atoms with Gasteiger partial charge >= 0.3 is 5.97 Å². The molecule has 8 nitrogen and oxygen atoms in total. The number of carboxylic acid groups (broad SMARTS) is 1. The highest BCUT2D eigenvalue weighted by atomic mass is 16.5. The summed E-state index contributed by atoms with van der Waals surface area (Å²) in [5.74, 6) is -0.587. The topological polar surface area (TPSA) is 95.1 Å². The molecule has 0 aliphatic heterocycles. The zero-order chi connectivity index (χ0) is 13.8. The van der Waals surface area contributed by atoms with Crippen molar-refractivity contribution in [2.75, 3.05) is 13.7 Å². The van der Waals surface area contributed by atoms with Crippen molar-refractivity contribution in [1.82, 2.24) is 24.5 Å². The van der Waals surface area contributed by atoms with Crippen LogP contribution in [0.5, 0.6) is 0 Å². The summed E-state index contributed by atoms with van der Waals surface area (Å²) in [4.78, 5) is 15.4. The number of carboxylic acids is 1. The summed E-state index contributed by atoms with van der Waals surface area (Å²) in [7, 11) is 3.41. The SMILES string of the molecule is COCCCn1nnc(C(=O)O)c1-c1nccn1C. The van der Waals surface area contributed by atoms with Gasteiger partial charge in [0.1, 0.15) is 5.69 Å². The number of aryl methyl sites for hydroxylation is 2. The summed E-state index contributed by atoms with van der Waals surface area (Å²) in [6.07, 6.45) is 4.07. The fourth-order valence-electron chi connectivity index (χ4n) is 1.79. The van der Waals surface area contributed by atoms with Gasteiger partial charge in [-0.3, -0.25) is 0 Å². The zero-order valence-electron chi connectivity index (χ0n) is 10.8. The lowest BCUT2D eigenvalue weighted by molar-refractivity contribution is 0.0691. The van der Waals surface area contributed by atoms with Gasteiger partial charge in [0.15, 0.2) is 5.82 Å². The summed E-state index contributed by atoms with van der Waals surface area (Å²) in [6, 6.07) is 0. The van der Waals surface area contributed by atoms with Crippen LogP contribution in [0.1, 0.15) is 16.9 Å². The summed E-state index contributed by atoms with van der Waals surface area (Å²) in [5.41, 5.74) is 0.322. The third-order valence-electron chi connectivity index (χ3n) is 2.69. The van der Waals surface area contributed by atoms with Gasteiger partial charge in [0.2, 0.25) is 5.69 Å². The molecule has 0 aromatic carbocycles. The van der Waals surface area contributed by atoms with Crippen LogP contribution in [-0.4, -0.2) is 49.3 Å². The minimum absolute atomic E-state index is 0.0910. The molecule has 2 aromatic rings. The standard InChI is InChI=1S/C11H15N5O3/c1-15-6-4-12-10(15)9-8(11(17)18)13-14-16(9)5-3-7-19-2/h4,6H,3,5,7H2,1-2H3,(H,17,18). The maximum absolute atomic E-state index is 11.2. The molecule has 102 valence electrons. The first-order chi connectivity index (χ1) is 9.15. The van der Waals surface area contributed by atoms with Crippen LogP contribution >= 0.6 is 0 Å². The van der Waals surface area contributed by atoms with Crippen LogP contribution < -0.4 is 0 Å². The quantitative estimate of drug-likeness (QED) is 0.760. The molecule has 2 aromatic heterocycles. The van der Waals surface area contributed by atoms with Gasteiger partial charge in [-0.05, 0) is 6.42 Å². The van der Waals surface area contributed by atoms with E-state index in [1.165, 1.54) is 0 Å². The van der Waals surface area contributed by atoms with E-state index in [4.69, 9.17) is 9.84 Å². The Balaban J connectivity index is 2.40. The van der Waals surface area contributed by atoms with Gasteiger partial charge in [-0.1, -0.05) is 5.21 Å². The van der Waals surface area contributed by atoms with E-state index in [0.717, 1.165) is 6.42 Å². The van der Waals surface area contributed by atoms with Gasteiger partial charge in [0, 0.05) is 39.7 Å². The first-order valence-corrected chi connectivity index (χ1v) is 5.78. The molecule has 0 atom stereocenters. The van der Waals surface area contributed by atoms with Crippen LogP contribution in [-0.2, 0) is 18.3 Å². The fourth-order valence-corrected chi connectivity index (χ4v) is 1.79. The highest BCUT2D eigenvalue weighted by Gasteiger charge is 2.23. The Bertz CT molecular complexity index is 575. The number of aromatic carboxylic acids is 1. The average molecular weight is 265 g/mol. The van der Waals surface area contributed by atoms with Gasteiger partial charge in [0.05, 0.1) is 0 Å². The predicted octanol–water partition coefficient (Wildman–Crippen LogP) is 0.413. The number of carbonyl (C=O) groups is 1. The van der Waals surface area contributed by atoms with E-state index in [-0.39, 0.29) is 5.69 Å². The first-order valence-electron chi connectivity index (χ1n) is 5.78. The highest BCUT2D eigenvalue weighted by Crippen LogP contribution is 2.20. The number of methoxy groups -OCH3 is 1. The molecule has 19 heavy (non-hydrogen) atoms. The molecule has 0 unspecified atom stereocenters. The lowest BCUT2D eigenvalue weighted by Crippen LogP contribution is -2.09. The number of aromatic nitrogens is 5. The van der Waals surface area contributed by atoms with Gasteiger partial charge < -0.3 is 14.4 Å². The molecule has 0 fully saturated rings. The number of imidazole rings is 1. The molecular formula is C11H15N5O3. The van der Waals surface area contributed by atoms with Crippen molar-refractivity contribution in [3.63, 3.8) is 0 Å². The largest absolute Gasteiger partial charge is 0.476 e. The fraction of sp³-hybridized carbons (Fsp3) is 0.455. The van der Waals surface area contributed by atoms with E-state index in [1.807, 2.05) is 0 Å². The third kappa shape index (κ3) is 2.63. The van der Waals surface area contributed by atoms with Crippen LogP contribution in [0.4, 0.5) is 0 Å².